The lowest BCUT2D eigenvalue weighted by molar-refractivity contribution is 0.103. The van der Waals surface area contributed by atoms with E-state index < -0.39 is 0 Å². The number of rotatable bonds is 8. The van der Waals surface area contributed by atoms with Gasteiger partial charge in [0, 0.05) is 21.6 Å². The average Bonchev–Trinajstić information content (AvgIpc) is 2.60. The van der Waals surface area contributed by atoms with E-state index >= 15 is 0 Å². The van der Waals surface area contributed by atoms with Crippen LogP contribution in [0.4, 0.5) is 4.39 Å². The van der Waals surface area contributed by atoms with Crippen molar-refractivity contribution in [2.24, 2.45) is 0 Å². The van der Waals surface area contributed by atoms with E-state index in [0.29, 0.717) is 33.4 Å². The lowest BCUT2D eigenvalue weighted by atomic mass is 9.93. The Morgan fingerprint density at radius 1 is 0.958 bits per heavy atom. The van der Waals surface area contributed by atoms with Crippen LogP contribution >= 0.6 is 11.6 Å². The molecule has 0 atom stereocenters. The molecule has 2 aromatic carbocycles. The van der Waals surface area contributed by atoms with Crippen molar-refractivity contribution in [2.75, 3.05) is 0 Å². The first-order chi connectivity index (χ1) is 11.6. The number of ketones is 1. The molecule has 0 radical (unpaired) electrons. The summed E-state index contributed by atoms with van der Waals surface area (Å²) in [5.41, 5.74) is 1.22. The van der Waals surface area contributed by atoms with Crippen LogP contribution in [-0.4, -0.2) is 5.78 Å². The van der Waals surface area contributed by atoms with Crippen LogP contribution in [0.25, 0.3) is 10.8 Å². The number of Topliss-reactive ketones (excluding diaryl/α,β-unsaturated/α-hetero) is 1. The fraction of sp³-hybridized carbons (Fsp3) is 0.381. The van der Waals surface area contributed by atoms with Gasteiger partial charge in [0.1, 0.15) is 5.82 Å². The van der Waals surface area contributed by atoms with E-state index in [0.717, 1.165) is 32.1 Å². The minimum atomic E-state index is -0.307. The van der Waals surface area contributed by atoms with Gasteiger partial charge in [-0.1, -0.05) is 62.6 Å². The Morgan fingerprint density at radius 3 is 2.25 bits per heavy atom. The molecule has 0 aliphatic heterocycles. The third-order valence-electron chi connectivity index (χ3n) is 4.25. The van der Waals surface area contributed by atoms with Gasteiger partial charge in [-0.15, -0.1) is 0 Å². The predicted molar refractivity (Wildman–Crippen MR) is 100 cm³/mol. The molecule has 0 N–H and O–H groups in total. The summed E-state index contributed by atoms with van der Waals surface area (Å²) in [7, 11) is 0. The first kappa shape index (κ1) is 18.7. The quantitative estimate of drug-likeness (QED) is 0.370. The predicted octanol–water partition coefficient (Wildman–Crippen LogP) is 7.03. The number of carbonyl (C=O) groups excluding carboxylic acids is 1. The van der Waals surface area contributed by atoms with Crippen molar-refractivity contribution >= 4 is 28.2 Å². The summed E-state index contributed by atoms with van der Waals surface area (Å²) in [4.78, 5) is 13.1. The van der Waals surface area contributed by atoms with Crippen LogP contribution in [0.2, 0.25) is 0 Å². The van der Waals surface area contributed by atoms with Crippen LogP contribution in [0.5, 0.6) is 0 Å². The van der Waals surface area contributed by atoms with E-state index in [1.165, 1.54) is 6.07 Å². The van der Waals surface area contributed by atoms with Crippen molar-refractivity contribution in [3.05, 3.63) is 58.4 Å². The molecule has 0 aromatic heterocycles. The lowest BCUT2D eigenvalue weighted by Crippen LogP contribution is -2.07. The molecule has 0 saturated heterocycles. The number of carbonyl (C=O) groups is 1. The van der Waals surface area contributed by atoms with E-state index in [-0.39, 0.29) is 11.6 Å². The normalized spacial score (nSPS) is 12.3. The van der Waals surface area contributed by atoms with Crippen LogP contribution in [0.3, 0.4) is 0 Å². The molecule has 0 aliphatic rings. The van der Waals surface area contributed by atoms with Gasteiger partial charge in [-0.05, 0) is 43.2 Å². The maximum Gasteiger partial charge on any atom is 0.190 e. The number of unbranched alkanes of at least 4 members (excludes halogenated alkanes) is 2. The summed E-state index contributed by atoms with van der Waals surface area (Å²) >= 11 is 6.47. The Hall–Kier alpha value is -1.67. The van der Waals surface area contributed by atoms with Crippen LogP contribution < -0.4 is 0 Å². The van der Waals surface area contributed by atoms with Gasteiger partial charge in [-0.25, -0.2) is 4.39 Å². The highest BCUT2D eigenvalue weighted by Gasteiger charge is 2.19. The number of hydrogen-bond acceptors (Lipinski definition) is 1. The summed E-state index contributed by atoms with van der Waals surface area (Å²) in [5, 5.41) is 1.78. The summed E-state index contributed by atoms with van der Waals surface area (Å²) < 4.78 is 14.0. The largest absolute Gasteiger partial charge is 0.289 e. The highest BCUT2D eigenvalue weighted by atomic mass is 35.5. The molecule has 0 unspecified atom stereocenters. The van der Waals surface area contributed by atoms with Gasteiger partial charge >= 0.3 is 0 Å². The summed E-state index contributed by atoms with van der Waals surface area (Å²) in [6.45, 7) is 4.19. The Labute approximate surface area is 148 Å². The number of benzene rings is 2. The van der Waals surface area contributed by atoms with Crippen LogP contribution in [-0.2, 0) is 0 Å². The summed E-state index contributed by atoms with van der Waals surface area (Å²) in [5.74, 6) is -0.376. The van der Waals surface area contributed by atoms with Gasteiger partial charge in [0.2, 0.25) is 0 Å². The minimum absolute atomic E-state index is 0.0687. The van der Waals surface area contributed by atoms with Crippen molar-refractivity contribution in [1.29, 1.82) is 0 Å². The van der Waals surface area contributed by atoms with Crippen LogP contribution in [0.15, 0.2) is 47.0 Å². The fourth-order valence-electron chi connectivity index (χ4n) is 2.83. The second kappa shape index (κ2) is 8.98. The second-order valence-corrected chi connectivity index (χ2v) is 6.52. The molecule has 0 aliphatic carbocycles. The zero-order valence-electron chi connectivity index (χ0n) is 14.4. The molecular formula is C21H24ClFO. The molecule has 1 nitrogen and oxygen atoms in total. The van der Waals surface area contributed by atoms with Gasteiger partial charge in [-0.3, -0.25) is 4.79 Å². The molecule has 3 heteroatoms. The monoisotopic (exact) mass is 346 g/mol. The minimum Gasteiger partial charge on any atom is -0.289 e. The molecule has 0 heterocycles. The molecule has 128 valence electrons. The Kier molecular flexibility index (Phi) is 6.99. The topological polar surface area (TPSA) is 17.1 Å². The Bertz CT molecular complexity index is 749. The molecule has 0 spiro atoms. The standard InChI is InChI=1S/C21H24ClFO/c1-3-5-9-18(19(22)12-6-4-2)21(24)17-13-14-20(23)16-11-8-7-10-15(16)17/h7-8,10-11,13-14H,3-6,9,12H2,1-2H3/b19-18-. The zero-order chi connectivity index (χ0) is 17.5. The highest BCUT2D eigenvalue weighted by molar-refractivity contribution is 6.33. The van der Waals surface area contributed by atoms with Gasteiger partial charge in [-0.2, -0.15) is 0 Å². The number of hydrogen-bond donors (Lipinski definition) is 0. The van der Waals surface area contributed by atoms with E-state index in [4.69, 9.17) is 11.6 Å². The van der Waals surface area contributed by atoms with Crippen molar-refractivity contribution < 1.29 is 9.18 Å². The average molecular weight is 347 g/mol. The maximum absolute atomic E-state index is 14.0. The van der Waals surface area contributed by atoms with Crippen molar-refractivity contribution in [2.45, 2.75) is 52.4 Å². The lowest BCUT2D eigenvalue weighted by Gasteiger charge is -2.12. The molecule has 24 heavy (non-hydrogen) atoms. The van der Waals surface area contributed by atoms with E-state index in [9.17, 15) is 9.18 Å². The third kappa shape index (κ3) is 4.24. The van der Waals surface area contributed by atoms with Gasteiger partial charge in [0.05, 0.1) is 0 Å². The summed E-state index contributed by atoms with van der Waals surface area (Å²) in [6, 6.07) is 10.1. The molecule has 0 saturated carbocycles. The molecule has 0 amide bonds. The number of fused-ring (bicyclic) bond motifs is 1. The van der Waals surface area contributed by atoms with Crippen LogP contribution in [0.1, 0.15) is 62.7 Å². The molecule has 2 rings (SSSR count). The SMILES string of the molecule is CCCC/C(Cl)=C(\CCCC)C(=O)c1ccc(F)c2ccccc12. The number of allylic oxidation sites excluding steroid dienone is 2. The van der Waals surface area contributed by atoms with E-state index in [2.05, 4.69) is 13.8 Å². The van der Waals surface area contributed by atoms with Crippen LogP contribution in [0, 0.1) is 5.82 Å². The highest BCUT2D eigenvalue weighted by Crippen LogP contribution is 2.29. The zero-order valence-corrected chi connectivity index (χ0v) is 15.1. The van der Waals surface area contributed by atoms with E-state index in [1.54, 1.807) is 24.3 Å². The summed E-state index contributed by atoms with van der Waals surface area (Å²) in [6.07, 6.45) is 5.31. The third-order valence-corrected chi connectivity index (χ3v) is 4.66. The molecule has 0 bridgehead atoms. The smallest absolute Gasteiger partial charge is 0.190 e. The van der Waals surface area contributed by atoms with Crippen molar-refractivity contribution in [3.8, 4) is 0 Å². The van der Waals surface area contributed by atoms with Gasteiger partial charge in [0.15, 0.2) is 5.78 Å². The Morgan fingerprint density at radius 2 is 1.58 bits per heavy atom. The molecule has 0 fully saturated rings. The number of halogens is 2. The first-order valence-electron chi connectivity index (χ1n) is 8.69. The van der Waals surface area contributed by atoms with E-state index in [1.807, 2.05) is 6.07 Å². The fourth-order valence-corrected chi connectivity index (χ4v) is 3.15. The first-order valence-corrected chi connectivity index (χ1v) is 9.07. The maximum atomic E-state index is 14.0. The molecule has 2 aromatic rings. The van der Waals surface area contributed by atoms with Gasteiger partial charge in [0.25, 0.3) is 0 Å². The molecular weight excluding hydrogens is 323 g/mol. The van der Waals surface area contributed by atoms with Crippen molar-refractivity contribution in [3.63, 3.8) is 0 Å². The van der Waals surface area contributed by atoms with Gasteiger partial charge < -0.3 is 0 Å². The second-order valence-electron chi connectivity index (χ2n) is 6.06. The van der Waals surface area contributed by atoms with Crippen molar-refractivity contribution in [1.82, 2.24) is 0 Å². The Balaban J connectivity index is 2.48.